The molecule has 0 spiro atoms. The fourth-order valence-electron chi connectivity index (χ4n) is 1.85. The average Bonchev–Trinajstić information content (AvgIpc) is 2.46. The number of hydrogen-bond acceptors (Lipinski definition) is 3. The summed E-state index contributed by atoms with van der Waals surface area (Å²) in [6, 6.07) is 12.5. The lowest BCUT2D eigenvalue weighted by Crippen LogP contribution is -2.17. The minimum absolute atomic E-state index is 0.0794. The predicted molar refractivity (Wildman–Crippen MR) is 76.6 cm³/mol. The third-order valence-corrected chi connectivity index (χ3v) is 3.08. The molecule has 0 amide bonds. The van der Waals surface area contributed by atoms with Crippen LogP contribution in [0.2, 0.25) is 5.02 Å². The van der Waals surface area contributed by atoms with Crippen molar-refractivity contribution in [3.8, 4) is 0 Å². The summed E-state index contributed by atoms with van der Waals surface area (Å²) in [5, 5.41) is 0.346. The highest BCUT2D eigenvalue weighted by Gasteiger charge is 2.22. The van der Waals surface area contributed by atoms with E-state index in [1.165, 1.54) is 25.1 Å². The highest BCUT2D eigenvalue weighted by Crippen LogP contribution is 2.19. The Morgan fingerprint density at radius 2 is 1.50 bits per heavy atom. The lowest BCUT2D eigenvalue weighted by atomic mass is 9.96. The molecule has 0 saturated heterocycles. The van der Waals surface area contributed by atoms with Crippen LogP contribution in [-0.4, -0.2) is 17.3 Å². The lowest BCUT2D eigenvalue weighted by Gasteiger charge is -2.06. The van der Waals surface area contributed by atoms with Crippen molar-refractivity contribution in [2.24, 2.45) is 0 Å². The van der Waals surface area contributed by atoms with Crippen molar-refractivity contribution in [2.45, 2.75) is 6.92 Å². The highest BCUT2D eigenvalue weighted by atomic mass is 35.5. The summed E-state index contributed by atoms with van der Waals surface area (Å²) in [5.41, 5.74) is 0.532. The van der Waals surface area contributed by atoms with E-state index < -0.39 is 11.6 Å². The molecule has 0 aromatic heterocycles. The molecule has 4 heteroatoms. The van der Waals surface area contributed by atoms with E-state index in [1.54, 1.807) is 30.3 Å². The number of Topliss-reactive ketones (excluding diaryl/α,β-unsaturated/α-hetero) is 3. The summed E-state index contributed by atoms with van der Waals surface area (Å²) in [4.78, 5) is 35.9. The number of hydrogen-bond donors (Lipinski definition) is 0. The third kappa shape index (κ3) is 2.83. The number of rotatable bonds is 4. The van der Waals surface area contributed by atoms with Gasteiger partial charge >= 0.3 is 0 Å². The van der Waals surface area contributed by atoms with E-state index in [2.05, 4.69) is 0 Å². The zero-order valence-corrected chi connectivity index (χ0v) is 11.5. The lowest BCUT2D eigenvalue weighted by molar-refractivity contribution is 0.0815. The van der Waals surface area contributed by atoms with E-state index in [4.69, 9.17) is 11.6 Å². The first-order valence-corrected chi connectivity index (χ1v) is 6.33. The molecule has 100 valence electrons. The Bertz CT molecular complexity index is 690. The third-order valence-electron chi connectivity index (χ3n) is 2.85. The second kappa shape index (κ2) is 5.80. The summed E-state index contributed by atoms with van der Waals surface area (Å²) < 4.78 is 0. The number of carbonyl (C=O) groups excluding carboxylic acids is 3. The normalized spacial score (nSPS) is 10.1. The van der Waals surface area contributed by atoms with Gasteiger partial charge in [-0.05, 0) is 25.1 Å². The minimum atomic E-state index is -0.710. The summed E-state index contributed by atoms with van der Waals surface area (Å²) in [6.45, 7) is 1.33. The standard InChI is InChI=1S/C16H11ClO3/c1-10(18)14-9-12(17)7-8-13(14)16(20)15(19)11-5-3-2-4-6-11/h2-9H,1H3. The monoisotopic (exact) mass is 286 g/mol. The molecule has 0 unspecified atom stereocenters. The number of benzene rings is 2. The van der Waals surface area contributed by atoms with Gasteiger partial charge < -0.3 is 0 Å². The zero-order valence-electron chi connectivity index (χ0n) is 10.7. The van der Waals surface area contributed by atoms with Crippen molar-refractivity contribution < 1.29 is 14.4 Å². The van der Waals surface area contributed by atoms with Crippen molar-refractivity contribution in [3.05, 3.63) is 70.2 Å². The van der Waals surface area contributed by atoms with Gasteiger partial charge in [-0.2, -0.15) is 0 Å². The minimum Gasteiger partial charge on any atom is -0.294 e. The molecule has 0 aliphatic rings. The Balaban J connectivity index is 2.44. The van der Waals surface area contributed by atoms with Crippen LogP contribution in [0.4, 0.5) is 0 Å². The van der Waals surface area contributed by atoms with Gasteiger partial charge in [0.2, 0.25) is 11.6 Å². The first-order valence-electron chi connectivity index (χ1n) is 5.95. The van der Waals surface area contributed by atoms with E-state index in [-0.39, 0.29) is 16.9 Å². The van der Waals surface area contributed by atoms with Gasteiger partial charge in [0.1, 0.15) is 0 Å². The van der Waals surface area contributed by atoms with Crippen LogP contribution in [0.25, 0.3) is 0 Å². The van der Waals surface area contributed by atoms with Gasteiger partial charge in [-0.3, -0.25) is 14.4 Å². The number of halogens is 1. The van der Waals surface area contributed by atoms with Crippen LogP contribution >= 0.6 is 11.6 Å². The molecule has 2 aromatic rings. The van der Waals surface area contributed by atoms with E-state index in [9.17, 15) is 14.4 Å². The Morgan fingerprint density at radius 1 is 0.850 bits per heavy atom. The molecule has 0 saturated carbocycles. The molecule has 0 N–H and O–H groups in total. The van der Waals surface area contributed by atoms with Crippen LogP contribution in [0.5, 0.6) is 0 Å². The molecule has 0 aliphatic heterocycles. The summed E-state index contributed by atoms with van der Waals surface area (Å²) in [6.07, 6.45) is 0. The fraction of sp³-hybridized carbons (Fsp3) is 0.0625. The molecule has 0 fully saturated rings. The van der Waals surface area contributed by atoms with Crippen LogP contribution in [0.3, 0.4) is 0 Å². The highest BCUT2D eigenvalue weighted by molar-refractivity contribution is 6.50. The van der Waals surface area contributed by atoms with E-state index in [0.717, 1.165) is 0 Å². The molecule has 0 atom stereocenters. The van der Waals surface area contributed by atoms with Gasteiger partial charge in [0, 0.05) is 21.7 Å². The second-order valence-electron chi connectivity index (χ2n) is 4.27. The Hall–Kier alpha value is -2.26. The summed E-state index contributed by atoms with van der Waals surface area (Å²) in [7, 11) is 0. The van der Waals surface area contributed by atoms with Crippen LogP contribution in [0.15, 0.2) is 48.5 Å². The van der Waals surface area contributed by atoms with Crippen molar-refractivity contribution in [1.82, 2.24) is 0 Å². The molecule has 0 bridgehead atoms. The maximum absolute atomic E-state index is 12.2. The van der Waals surface area contributed by atoms with Crippen molar-refractivity contribution >= 4 is 29.0 Å². The van der Waals surface area contributed by atoms with E-state index in [1.807, 2.05) is 0 Å². The molecule has 0 heterocycles. The van der Waals surface area contributed by atoms with Crippen LogP contribution in [0.1, 0.15) is 38.0 Å². The molecular formula is C16H11ClO3. The maximum atomic E-state index is 12.2. The first kappa shape index (κ1) is 14.2. The van der Waals surface area contributed by atoms with Crippen LogP contribution in [-0.2, 0) is 0 Å². The Morgan fingerprint density at radius 3 is 2.10 bits per heavy atom. The SMILES string of the molecule is CC(=O)c1cc(Cl)ccc1C(=O)C(=O)c1ccccc1. The molecule has 2 rings (SSSR count). The molecule has 3 nitrogen and oxygen atoms in total. The largest absolute Gasteiger partial charge is 0.294 e. The van der Waals surface area contributed by atoms with Gasteiger partial charge in [-0.15, -0.1) is 0 Å². The quantitative estimate of drug-likeness (QED) is 0.637. The summed E-state index contributed by atoms with van der Waals surface area (Å²) >= 11 is 5.81. The average molecular weight is 287 g/mol. The van der Waals surface area contributed by atoms with Gasteiger partial charge in [0.05, 0.1) is 0 Å². The molecule has 0 radical (unpaired) electrons. The van der Waals surface area contributed by atoms with Crippen molar-refractivity contribution in [1.29, 1.82) is 0 Å². The maximum Gasteiger partial charge on any atom is 0.234 e. The Kier molecular flexibility index (Phi) is 4.11. The van der Waals surface area contributed by atoms with Crippen LogP contribution < -0.4 is 0 Å². The number of carbonyl (C=O) groups is 3. The smallest absolute Gasteiger partial charge is 0.234 e. The molecule has 0 aliphatic carbocycles. The first-order chi connectivity index (χ1) is 9.50. The van der Waals surface area contributed by atoms with Crippen molar-refractivity contribution in [2.75, 3.05) is 0 Å². The Labute approximate surface area is 121 Å². The van der Waals surface area contributed by atoms with Gasteiger partial charge in [0.15, 0.2) is 5.78 Å². The molecular weight excluding hydrogens is 276 g/mol. The van der Waals surface area contributed by atoms with E-state index in [0.29, 0.717) is 10.6 Å². The summed E-state index contributed by atoms with van der Waals surface area (Å²) in [5.74, 6) is -1.66. The molecule has 20 heavy (non-hydrogen) atoms. The predicted octanol–water partition coefficient (Wildman–Crippen LogP) is 3.61. The van der Waals surface area contributed by atoms with Crippen LogP contribution in [0, 0.1) is 0 Å². The topological polar surface area (TPSA) is 51.2 Å². The zero-order chi connectivity index (χ0) is 14.7. The fourth-order valence-corrected chi connectivity index (χ4v) is 2.02. The second-order valence-corrected chi connectivity index (χ2v) is 4.71. The van der Waals surface area contributed by atoms with Gasteiger partial charge in [-0.1, -0.05) is 41.9 Å². The number of ketones is 3. The van der Waals surface area contributed by atoms with Gasteiger partial charge in [-0.25, -0.2) is 0 Å². The van der Waals surface area contributed by atoms with E-state index >= 15 is 0 Å². The van der Waals surface area contributed by atoms with Crippen molar-refractivity contribution in [3.63, 3.8) is 0 Å². The van der Waals surface area contributed by atoms with Gasteiger partial charge in [0.25, 0.3) is 0 Å². The molecule has 2 aromatic carbocycles.